The maximum absolute atomic E-state index is 11.2. The van der Waals surface area contributed by atoms with Crippen LogP contribution in [0.15, 0.2) is 27.6 Å². The Balaban J connectivity index is 3.43. The van der Waals surface area contributed by atoms with Gasteiger partial charge < -0.3 is 0 Å². The summed E-state index contributed by atoms with van der Waals surface area (Å²) in [5.74, 6) is 0. The highest BCUT2D eigenvalue weighted by Crippen LogP contribution is 2.22. The zero-order valence-corrected chi connectivity index (χ0v) is 10.8. The van der Waals surface area contributed by atoms with Crippen molar-refractivity contribution in [2.45, 2.75) is 4.90 Å². The third-order valence-corrected chi connectivity index (χ3v) is 4.23. The zero-order valence-electron chi connectivity index (χ0n) is 6.21. The lowest BCUT2D eigenvalue weighted by Gasteiger charge is -2.01. The van der Waals surface area contributed by atoms with E-state index < -0.39 is 9.84 Å². The molecule has 1 rings (SSSR count). The van der Waals surface area contributed by atoms with Crippen molar-refractivity contribution in [1.82, 2.24) is 0 Å². The Labute approximate surface area is 93.6 Å². The van der Waals surface area contributed by atoms with Gasteiger partial charge in [-0.2, -0.15) is 0 Å². The number of hydrogen-bond donors (Lipinski definition) is 0. The third-order valence-electron chi connectivity index (χ3n) is 1.29. The van der Waals surface area contributed by atoms with Gasteiger partial charge in [-0.25, -0.2) is 8.42 Å². The van der Waals surface area contributed by atoms with Crippen LogP contribution in [0.25, 0.3) is 0 Å². The van der Waals surface area contributed by atoms with Gasteiger partial charge in [0, 0.05) is 14.3 Å². The molecule has 0 heterocycles. The maximum Gasteiger partial charge on any atom is 0.176 e. The average Bonchev–Trinajstić information content (AvgIpc) is 1.92. The second kappa shape index (κ2) is 3.63. The standard InChI is InChI=1S/C7H6BrIO2S/c1-12(10,11)7-4-5(8)2-3-6(7)9/h2-4H,1H3. The number of hydrogen-bond acceptors (Lipinski definition) is 2. The SMILES string of the molecule is CS(=O)(=O)c1cc(Br)ccc1I. The Morgan fingerprint density at radius 3 is 2.42 bits per heavy atom. The predicted molar refractivity (Wildman–Crippen MR) is 60.0 cm³/mol. The van der Waals surface area contributed by atoms with Crippen LogP contribution in [0.2, 0.25) is 0 Å². The van der Waals surface area contributed by atoms with Gasteiger partial charge >= 0.3 is 0 Å². The molecule has 0 aliphatic carbocycles. The molecule has 5 heteroatoms. The lowest BCUT2D eigenvalue weighted by Crippen LogP contribution is -1.99. The van der Waals surface area contributed by atoms with Crippen molar-refractivity contribution in [3.05, 3.63) is 26.2 Å². The van der Waals surface area contributed by atoms with Crippen LogP contribution in [0.5, 0.6) is 0 Å². The summed E-state index contributed by atoms with van der Waals surface area (Å²) in [4.78, 5) is 0.373. The van der Waals surface area contributed by atoms with E-state index in [9.17, 15) is 8.42 Å². The molecule has 0 fully saturated rings. The molecule has 0 radical (unpaired) electrons. The van der Waals surface area contributed by atoms with Crippen LogP contribution in [0, 0.1) is 3.57 Å². The van der Waals surface area contributed by atoms with E-state index in [0.29, 0.717) is 4.90 Å². The summed E-state index contributed by atoms with van der Waals surface area (Å²) < 4.78 is 23.9. The third kappa shape index (κ3) is 2.43. The second-order valence-electron chi connectivity index (χ2n) is 2.35. The van der Waals surface area contributed by atoms with Crippen molar-refractivity contribution in [3.8, 4) is 0 Å². The molecule has 0 saturated heterocycles. The molecule has 0 spiro atoms. The van der Waals surface area contributed by atoms with Gasteiger partial charge in [0.05, 0.1) is 4.90 Å². The van der Waals surface area contributed by atoms with Gasteiger partial charge in [0.25, 0.3) is 0 Å². The van der Waals surface area contributed by atoms with E-state index in [0.717, 1.165) is 8.04 Å². The smallest absolute Gasteiger partial charge is 0.176 e. The fraction of sp³-hybridized carbons (Fsp3) is 0.143. The molecule has 2 nitrogen and oxygen atoms in total. The topological polar surface area (TPSA) is 34.1 Å². The first kappa shape index (κ1) is 10.5. The fourth-order valence-electron chi connectivity index (χ4n) is 0.761. The van der Waals surface area contributed by atoms with E-state index in [1.807, 2.05) is 28.7 Å². The largest absolute Gasteiger partial charge is 0.224 e. The second-order valence-corrected chi connectivity index (χ2v) is 6.41. The summed E-state index contributed by atoms with van der Waals surface area (Å²) in [5.41, 5.74) is 0. The highest BCUT2D eigenvalue weighted by Gasteiger charge is 2.11. The minimum absolute atomic E-state index is 0.373. The summed E-state index contributed by atoms with van der Waals surface area (Å²) in [7, 11) is -3.09. The van der Waals surface area contributed by atoms with Crippen LogP contribution >= 0.6 is 38.5 Å². The first-order valence-electron chi connectivity index (χ1n) is 3.06. The molecule has 0 amide bonds. The number of sulfone groups is 1. The highest BCUT2D eigenvalue weighted by atomic mass is 127. The van der Waals surface area contributed by atoms with Gasteiger partial charge in [-0.3, -0.25) is 0 Å². The van der Waals surface area contributed by atoms with Crippen molar-refractivity contribution in [2.75, 3.05) is 6.26 Å². The molecule has 0 bridgehead atoms. The van der Waals surface area contributed by atoms with E-state index in [1.54, 1.807) is 12.1 Å². The molecular formula is C7H6BrIO2S. The lowest BCUT2D eigenvalue weighted by atomic mass is 10.4. The monoisotopic (exact) mass is 360 g/mol. The Bertz CT molecular complexity index is 400. The summed E-state index contributed by atoms with van der Waals surface area (Å²) >= 11 is 5.22. The molecule has 66 valence electrons. The molecular weight excluding hydrogens is 355 g/mol. The molecule has 12 heavy (non-hydrogen) atoms. The van der Waals surface area contributed by atoms with E-state index in [4.69, 9.17) is 0 Å². The van der Waals surface area contributed by atoms with Gasteiger partial charge in [0.2, 0.25) is 0 Å². The van der Waals surface area contributed by atoms with Crippen molar-refractivity contribution in [2.24, 2.45) is 0 Å². The molecule has 0 aliphatic heterocycles. The van der Waals surface area contributed by atoms with Crippen LogP contribution < -0.4 is 0 Å². The van der Waals surface area contributed by atoms with E-state index in [-0.39, 0.29) is 0 Å². The highest BCUT2D eigenvalue weighted by molar-refractivity contribution is 14.1. The molecule has 1 aromatic rings. The van der Waals surface area contributed by atoms with Crippen molar-refractivity contribution in [1.29, 1.82) is 0 Å². The zero-order chi connectivity index (χ0) is 9.35. The van der Waals surface area contributed by atoms with Crippen molar-refractivity contribution in [3.63, 3.8) is 0 Å². The van der Waals surface area contributed by atoms with Crippen LogP contribution in [0.1, 0.15) is 0 Å². The minimum Gasteiger partial charge on any atom is -0.224 e. The number of benzene rings is 1. The molecule has 1 aromatic carbocycles. The molecule has 0 unspecified atom stereocenters. The van der Waals surface area contributed by atoms with Crippen molar-refractivity contribution < 1.29 is 8.42 Å². The van der Waals surface area contributed by atoms with Crippen molar-refractivity contribution >= 4 is 48.4 Å². The first-order chi connectivity index (χ1) is 5.41. The lowest BCUT2D eigenvalue weighted by molar-refractivity contribution is 0.601. The molecule has 0 aromatic heterocycles. The predicted octanol–water partition coefficient (Wildman–Crippen LogP) is 2.46. The van der Waals surface area contributed by atoms with E-state index >= 15 is 0 Å². The Morgan fingerprint density at radius 2 is 2.00 bits per heavy atom. The fourth-order valence-corrected chi connectivity index (χ4v) is 3.57. The summed E-state index contributed by atoms with van der Waals surface area (Å²) in [6.45, 7) is 0. The summed E-state index contributed by atoms with van der Waals surface area (Å²) in [5, 5.41) is 0. The van der Waals surface area contributed by atoms with E-state index in [1.165, 1.54) is 6.26 Å². The maximum atomic E-state index is 11.2. The average molecular weight is 361 g/mol. The van der Waals surface area contributed by atoms with Crippen LogP contribution in [-0.4, -0.2) is 14.7 Å². The quantitative estimate of drug-likeness (QED) is 0.721. The van der Waals surface area contributed by atoms with Gasteiger partial charge in [-0.15, -0.1) is 0 Å². The summed E-state index contributed by atoms with van der Waals surface area (Å²) in [6, 6.07) is 5.19. The molecule has 0 atom stereocenters. The number of halogens is 2. The van der Waals surface area contributed by atoms with Gasteiger partial charge in [0.15, 0.2) is 9.84 Å². The molecule has 0 N–H and O–H groups in total. The Kier molecular flexibility index (Phi) is 3.16. The van der Waals surface area contributed by atoms with Gasteiger partial charge in [-0.1, -0.05) is 15.9 Å². The summed E-state index contributed by atoms with van der Waals surface area (Å²) in [6.07, 6.45) is 1.21. The van der Waals surface area contributed by atoms with Crippen LogP contribution in [0.4, 0.5) is 0 Å². The van der Waals surface area contributed by atoms with Crippen LogP contribution in [-0.2, 0) is 9.84 Å². The van der Waals surface area contributed by atoms with Crippen LogP contribution in [0.3, 0.4) is 0 Å². The Hall–Kier alpha value is 0.380. The minimum atomic E-state index is -3.09. The first-order valence-corrected chi connectivity index (χ1v) is 6.82. The van der Waals surface area contributed by atoms with E-state index in [2.05, 4.69) is 15.9 Å². The van der Waals surface area contributed by atoms with Gasteiger partial charge in [0.1, 0.15) is 0 Å². The number of rotatable bonds is 1. The van der Waals surface area contributed by atoms with Gasteiger partial charge in [-0.05, 0) is 40.8 Å². The normalized spacial score (nSPS) is 11.6. The molecule has 0 saturated carbocycles. The Morgan fingerprint density at radius 1 is 1.42 bits per heavy atom. The molecule has 0 aliphatic rings.